The quantitative estimate of drug-likeness (QED) is 0.419. The topological polar surface area (TPSA) is 85.8 Å². The number of carbonyl (C=O) groups excluding carboxylic acids is 1. The van der Waals surface area contributed by atoms with Crippen LogP contribution in [0.4, 0.5) is 4.39 Å². The van der Waals surface area contributed by atoms with Crippen molar-refractivity contribution in [2.45, 2.75) is 13.3 Å². The minimum atomic E-state index is -0.342. The van der Waals surface area contributed by atoms with Crippen molar-refractivity contribution in [3.63, 3.8) is 0 Å². The van der Waals surface area contributed by atoms with Gasteiger partial charge < -0.3 is 9.84 Å². The van der Waals surface area contributed by atoms with Crippen molar-refractivity contribution in [1.29, 1.82) is 0 Å². The highest BCUT2D eigenvalue weighted by atomic mass is 19.1. The summed E-state index contributed by atoms with van der Waals surface area (Å²) in [5.41, 5.74) is 4.54. The number of nitrogens with one attached hydrogen (secondary N) is 1. The Labute approximate surface area is 188 Å². The van der Waals surface area contributed by atoms with Gasteiger partial charge in [0, 0.05) is 24.5 Å². The zero-order valence-electron chi connectivity index (χ0n) is 17.8. The molecule has 5 aromatic rings. The number of rotatable bonds is 6. The molecular formula is C25H20FN5O2. The molecule has 1 N–H and O–H groups in total. The molecule has 5 rings (SSSR count). The lowest BCUT2D eigenvalue weighted by atomic mass is 10.0. The number of nitrogens with zero attached hydrogens (tertiary/aromatic N) is 4. The van der Waals surface area contributed by atoms with Gasteiger partial charge in [0.05, 0.1) is 28.0 Å². The van der Waals surface area contributed by atoms with Crippen LogP contribution in [0.25, 0.3) is 28.0 Å². The van der Waals surface area contributed by atoms with Crippen LogP contribution < -0.4 is 5.32 Å². The van der Waals surface area contributed by atoms with Crippen LogP contribution in [0.2, 0.25) is 0 Å². The van der Waals surface area contributed by atoms with E-state index in [1.54, 1.807) is 36.0 Å². The number of aryl methyl sites for hydroxylation is 1. The number of fused-ring (bicyclic) bond motifs is 1. The number of hydrogen-bond acceptors (Lipinski definition) is 5. The Bertz CT molecular complexity index is 1410. The molecule has 0 fully saturated rings. The van der Waals surface area contributed by atoms with Gasteiger partial charge in [0.15, 0.2) is 0 Å². The van der Waals surface area contributed by atoms with Gasteiger partial charge in [-0.25, -0.2) is 14.1 Å². The number of carbonyl (C=O) groups is 1. The first-order valence-corrected chi connectivity index (χ1v) is 10.5. The molecule has 0 saturated heterocycles. The van der Waals surface area contributed by atoms with Crippen molar-refractivity contribution < 1.29 is 13.7 Å². The zero-order valence-corrected chi connectivity index (χ0v) is 17.8. The highest BCUT2D eigenvalue weighted by molar-refractivity contribution is 6.07. The Kier molecular flexibility index (Phi) is 5.40. The van der Waals surface area contributed by atoms with Crippen LogP contribution in [0.1, 0.15) is 21.6 Å². The summed E-state index contributed by atoms with van der Waals surface area (Å²) in [5.74, 6) is -0.587. The first-order chi connectivity index (χ1) is 16.1. The maximum absolute atomic E-state index is 13.3. The van der Waals surface area contributed by atoms with E-state index in [2.05, 4.69) is 20.6 Å². The van der Waals surface area contributed by atoms with E-state index < -0.39 is 0 Å². The van der Waals surface area contributed by atoms with Gasteiger partial charge in [-0.15, -0.1) is 0 Å². The molecule has 164 valence electrons. The maximum Gasteiger partial charge on any atom is 0.259 e. The second-order valence-electron chi connectivity index (χ2n) is 7.63. The van der Waals surface area contributed by atoms with Crippen molar-refractivity contribution in [3.8, 4) is 16.9 Å². The zero-order chi connectivity index (χ0) is 22.8. The van der Waals surface area contributed by atoms with Crippen LogP contribution in [0.3, 0.4) is 0 Å². The Balaban J connectivity index is 1.33. The van der Waals surface area contributed by atoms with Gasteiger partial charge >= 0.3 is 0 Å². The molecule has 7 nitrogen and oxygen atoms in total. The van der Waals surface area contributed by atoms with Crippen molar-refractivity contribution in [1.82, 2.24) is 25.2 Å². The SMILES string of the molecule is Cc1noc2nc(-c3ccc(F)cc3)cc(C(=O)NCCc3ccc(-n4cccn4)cc3)c12. The smallest absolute Gasteiger partial charge is 0.259 e. The second kappa shape index (κ2) is 8.66. The molecule has 1 amide bonds. The van der Waals surface area contributed by atoms with Gasteiger partial charge in [-0.3, -0.25) is 4.79 Å². The molecule has 0 bridgehead atoms. The Morgan fingerprint density at radius 1 is 1.12 bits per heavy atom. The third-order valence-electron chi connectivity index (χ3n) is 5.41. The third-order valence-corrected chi connectivity index (χ3v) is 5.41. The van der Waals surface area contributed by atoms with E-state index >= 15 is 0 Å². The molecule has 2 aromatic carbocycles. The number of benzene rings is 2. The number of pyridine rings is 1. The fourth-order valence-corrected chi connectivity index (χ4v) is 3.69. The Morgan fingerprint density at radius 3 is 2.64 bits per heavy atom. The van der Waals surface area contributed by atoms with Gasteiger partial charge in [-0.1, -0.05) is 17.3 Å². The van der Waals surface area contributed by atoms with E-state index in [-0.39, 0.29) is 17.4 Å². The molecule has 0 radical (unpaired) electrons. The van der Waals surface area contributed by atoms with E-state index in [1.807, 2.05) is 36.5 Å². The Hall–Kier alpha value is -4.33. The lowest BCUT2D eigenvalue weighted by Crippen LogP contribution is -2.26. The summed E-state index contributed by atoms with van der Waals surface area (Å²) in [4.78, 5) is 17.5. The molecule has 0 aliphatic carbocycles. The molecule has 3 aromatic heterocycles. The summed E-state index contributed by atoms with van der Waals surface area (Å²) in [6.07, 6.45) is 4.29. The third kappa shape index (κ3) is 4.23. The maximum atomic E-state index is 13.3. The molecule has 0 aliphatic heterocycles. The fraction of sp³-hybridized carbons (Fsp3) is 0.120. The van der Waals surface area contributed by atoms with E-state index in [1.165, 1.54) is 12.1 Å². The molecule has 0 saturated carbocycles. The van der Waals surface area contributed by atoms with Crippen molar-refractivity contribution >= 4 is 17.0 Å². The van der Waals surface area contributed by atoms with Gasteiger partial charge in [-0.2, -0.15) is 5.10 Å². The number of aromatic nitrogens is 4. The summed E-state index contributed by atoms with van der Waals surface area (Å²) >= 11 is 0. The summed E-state index contributed by atoms with van der Waals surface area (Å²) in [6, 6.07) is 17.5. The average molecular weight is 441 g/mol. The normalized spacial score (nSPS) is 11.1. The molecule has 33 heavy (non-hydrogen) atoms. The van der Waals surface area contributed by atoms with Crippen LogP contribution in [0.15, 0.2) is 77.6 Å². The van der Waals surface area contributed by atoms with E-state index in [0.717, 1.165) is 11.3 Å². The van der Waals surface area contributed by atoms with E-state index in [0.29, 0.717) is 40.9 Å². The largest absolute Gasteiger partial charge is 0.352 e. The molecule has 0 unspecified atom stereocenters. The number of amides is 1. The molecule has 0 aliphatic rings. The predicted molar refractivity (Wildman–Crippen MR) is 122 cm³/mol. The monoisotopic (exact) mass is 441 g/mol. The highest BCUT2D eigenvalue weighted by Crippen LogP contribution is 2.27. The van der Waals surface area contributed by atoms with Crippen LogP contribution in [0, 0.1) is 12.7 Å². The first-order valence-electron chi connectivity index (χ1n) is 10.5. The number of hydrogen-bond donors (Lipinski definition) is 1. The fourth-order valence-electron chi connectivity index (χ4n) is 3.69. The highest BCUT2D eigenvalue weighted by Gasteiger charge is 2.19. The van der Waals surface area contributed by atoms with Gasteiger partial charge in [0.1, 0.15) is 5.82 Å². The van der Waals surface area contributed by atoms with Crippen LogP contribution >= 0.6 is 0 Å². The molecular weight excluding hydrogens is 421 g/mol. The Morgan fingerprint density at radius 2 is 1.91 bits per heavy atom. The molecule has 8 heteroatoms. The molecule has 3 heterocycles. The predicted octanol–water partition coefficient (Wildman–Crippen LogP) is 4.50. The lowest BCUT2D eigenvalue weighted by Gasteiger charge is -2.09. The lowest BCUT2D eigenvalue weighted by molar-refractivity contribution is 0.0955. The van der Waals surface area contributed by atoms with E-state index in [4.69, 9.17) is 4.52 Å². The summed E-state index contributed by atoms with van der Waals surface area (Å²) in [6.45, 7) is 2.23. The van der Waals surface area contributed by atoms with Crippen molar-refractivity contribution in [3.05, 3.63) is 95.7 Å². The average Bonchev–Trinajstić information content (AvgIpc) is 3.50. The standard InChI is InChI=1S/C25H20FN5O2/c1-16-23-21(15-22(29-25(23)33-30-16)18-5-7-19(26)8-6-18)24(32)27-13-11-17-3-9-20(10-4-17)31-14-2-12-28-31/h2-10,12,14-15H,11,13H2,1H3,(H,27,32). The summed E-state index contributed by atoms with van der Waals surface area (Å²) in [5, 5.41) is 11.7. The van der Waals surface area contributed by atoms with Crippen LogP contribution in [-0.2, 0) is 6.42 Å². The van der Waals surface area contributed by atoms with Crippen LogP contribution in [0.5, 0.6) is 0 Å². The second-order valence-corrected chi connectivity index (χ2v) is 7.63. The van der Waals surface area contributed by atoms with E-state index in [9.17, 15) is 9.18 Å². The number of halogens is 1. The van der Waals surface area contributed by atoms with Crippen molar-refractivity contribution in [2.75, 3.05) is 6.54 Å². The minimum Gasteiger partial charge on any atom is -0.352 e. The summed E-state index contributed by atoms with van der Waals surface area (Å²) < 4.78 is 20.4. The molecule has 0 spiro atoms. The van der Waals surface area contributed by atoms with Crippen LogP contribution in [-0.4, -0.2) is 32.4 Å². The van der Waals surface area contributed by atoms with Crippen molar-refractivity contribution in [2.24, 2.45) is 0 Å². The van der Waals surface area contributed by atoms with Gasteiger partial charge in [-0.05, 0) is 67.4 Å². The van der Waals surface area contributed by atoms with Gasteiger partial charge in [0.2, 0.25) is 0 Å². The molecule has 0 atom stereocenters. The summed E-state index contributed by atoms with van der Waals surface area (Å²) in [7, 11) is 0. The van der Waals surface area contributed by atoms with Gasteiger partial charge in [0.25, 0.3) is 11.6 Å². The first kappa shape index (κ1) is 20.6. The minimum absolute atomic E-state index is 0.245.